The smallest absolute Gasteiger partial charge is 0.261 e. The molecule has 0 aliphatic rings. The Morgan fingerprint density at radius 2 is 2.10 bits per heavy atom. The van der Waals surface area contributed by atoms with Crippen molar-refractivity contribution >= 4 is 25.6 Å². The largest absolute Gasteiger partial charge is 0.374 e. The Morgan fingerprint density at radius 1 is 1.40 bits per heavy atom. The lowest BCUT2D eigenvalue weighted by atomic mass is 10.2. The maximum absolute atomic E-state index is 11.8. The van der Waals surface area contributed by atoms with E-state index in [-0.39, 0.29) is 23.6 Å². The normalized spacial score (nSPS) is 11.6. The lowest BCUT2D eigenvalue weighted by Crippen LogP contribution is -2.27. The maximum atomic E-state index is 11.8. The van der Waals surface area contributed by atoms with Gasteiger partial charge in [0.05, 0.1) is 11.5 Å². The number of hydrogen-bond donors (Lipinski definition) is 1. The van der Waals surface area contributed by atoms with E-state index in [9.17, 15) is 22.0 Å². The molecular formula is C11H12ClF2NO4S. The summed E-state index contributed by atoms with van der Waals surface area (Å²) in [5.74, 6) is -0.548. The van der Waals surface area contributed by atoms with Gasteiger partial charge in [-0.15, -0.1) is 0 Å². The second kappa shape index (κ2) is 7.51. The van der Waals surface area contributed by atoms with Crippen LogP contribution in [-0.2, 0) is 13.8 Å². The van der Waals surface area contributed by atoms with Crippen LogP contribution in [0.15, 0.2) is 29.2 Å². The second-order valence-electron chi connectivity index (χ2n) is 3.69. The standard InChI is InChI=1S/C11H12ClF2NO4S/c12-20(17,18)9-3-1-2-8(6-9)11(16)15-4-5-19-7-10(13)14/h1-3,6,10H,4-5,7H2,(H,15,16). The van der Waals surface area contributed by atoms with Gasteiger partial charge in [0.15, 0.2) is 0 Å². The molecule has 0 heterocycles. The van der Waals surface area contributed by atoms with E-state index >= 15 is 0 Å². The van der Waals surface area contributed by atoms with Gasteiger partial charge < -0.3 is 10.1 Å². The Kier molecular flexibility index (Phi) is 6.31. The molecule has 1 N–H and O–H groups in total. The number of halogens is 3. The van der Waals surface area contributed by atoms with Crippen LogP contribution in [0.5, 0.6) is 0 Å². The van der Waals surface area contributed by atoms with Gasteiger partial charge >= 0.3 is 0 Å². The highest BCUT2D eigenvalue weighted by Gasteiger charge is 2.13. The van der Waals surface area contributed by atoms with Crippen LogP contribution in [-0.4, -0.2) is 40.5 Å². The minimum Gasteiger partial charge on any atom is -0.374 e. The number of benzene rings is 1. The number of amides is 1. The first kappa shape index (κ1) is 16.8. The molecule has 0 radical (unpaired) electrons. The number of rotatable bonds is 7. The Hall–Kier alpha value is -1.25. The predicted molar refractivity (Wildman–Crippen MR) is 68.6 cm³/mol. The molecule has 0 bridgehead atoms. The summed E-state index contributed by atoms with van der Waals surface area (Å²) in [6, 6.07) is 5.15. The van der Waals surface area contributed by atoms with Crippen molar-refractivity contribution in [2.24, 2.45) is 0 Å². The van der Waals surface area contributed by atoms with Gasteiger partial charge in [0, 0.05) is 22.8 Å². The molecule has 112 valence electrons. The SMILES string of the molecule is O=C(NCCOCC(F)F)c1cccc(S(=O)(=O)Cl)c1. The lowest BCUT2D eigenvalue weighted by molar-refractivity contribution is 0.0188. The average Bonchev–Trinajstić information content (AvgIpc) is 2.37. The van der Waals surface area contributed by atoms with Crippen molar-refractivity contribution in [3.8, 4) is 0 Å². The van der Waals surface area contributed by atoms with Crippen molar-refractivity contribution < 1.29 is 26.7 Å². The average molecular weight is 328 g/mol. The molecule has 0 aromatic heterocycles. The van der Waals surface area contributed by atoms with E-state index < -0.39 is 28.0 Å². The van der Waals surface area contributed by atoms with E-state index in [1.165, 1.54) is 18.2 Å². The Morgan fingerprint density at radius 3 is 2.70 bits per heavy atom. The molecule has 1 aromatic rings. The zero-order valence-electron chi connectivity index (χ0n) is 10.2. The van der Waals surface area contributed by atoms with E-state index in [2.05, 4.69) is 10.1 Å². The maximum Gasteiger partial charge on any atom is 0.261 e. The van der Waals surface area contributed by atoms with E-state index in [4.69, 9.17) is 10.7 Å². The molecule has 1 rings (SSSR count). The summed E-state index contributed by atoms with van der Waals surface area (Å²) >= 11 is 0. The Bertz CT molecular complexity index is 565. The topological polar surface area (TPSA) is 72.5 Å². The van der Waals surface area contributed by atoms with Crippen LogP contribution in [0.4, 0.5) is 8.78 Å². The predicted octanol–water partition coefficient (Wildman–Crippen LogP) is 1.63. The highest BCUT2D eigenvalue weighted by atomic mass is 35.7. The summed E-state index contributed by atoms with van der Waals surface area (Å²) in [5, 5.41) is 2.40. The summed E-state index contributed by atoms with van der Waals surface area (Å²) in [6.07, 6.45) is -2.56. The fourth-order valence-corrected chi connectivity index (χ4v) is 2.10. The molecule has 0 fully saturated rings. The molecule has 1 amide bonds. The van der Waals surface area contributed by atoms with Gasteiger partial charge in [-0.25, -0.2) is 17.2 Å². The van der Waals surface area contributed by atoms with Crippen molar-refractivity contribution in [2.45, 2.75) is 11.3 Å². The van der Waals surface area contributed by atoms with E-state index in [1.807, 2.05) is 0 Å². The molecule has 0 spiro atoms. The van der Waals surface area contributed by atoms with Gasteiger partial charge in [-0.3, -0.25) is 4.79 Å². The third kappa shape index (κ3) is 5.81. The monoisotopic (exact) mass is 327 g/mol. The van der Waals surface area contributed by atoms with Gasteiger partial charge in [-0.05, 0) is 18.2 Å². The van der Waals surface area contributed by atoms with Gasteiger partial charge in [-0.1, -0.05) is 6.07 Å². The van der Waals surface area contributed by atoms with Gasteiger partial charge in [0.25, 0.3) is 21.4 Å². The summed E-state index contributed by atoms with van der Waals surface area (Å²) in [4.78, 5) is 11.5. The molecule has 5 nitrogen and oxygen atoms in total. The van der Waals surface area contributed by atoms with Gasteiger partial charge in [0.2, 0.25) is 0 Å². The van der Waals surface area contributed by atoms with Crippen molar-refractivity contribution in [2.75, 3.05) is 19.8 Å². The third-order valence-corrected chi connectivity index (χ3v) is 3.51. The van der Waals surface area contributed by atoms with Gasteiger partial charge in [-0.2, -0.15) is 0 Å². The fraction of sp³-hybridized carbons (Fsp3) is 0.364. The van der Waals surface area contributed by atoms with Crippen LogP contribution in [0.1, 0.15) is 10.4 Å². The summed E-state index contributed by atoms with van der Waals surface area (Å²) in [5.41, 5.74) is 0.0978. The summed E-state index contributed by atoms with van der Waals surface area (Å²) in [6.45, 7) is -0.733. The molecule has 0 aliphatic carbocycles. The zero-order valence-corrected chi connectivity index (χ0v) is 11.8. The fourth-order valence-electron chi connectivity index (χ4n) is 1.30. The second-order valence-corrected chi connectivity index (χ2v) is 6.25. The van der Waals surface area contributed by atoms with Crippen molar-refractivity contribution in [3.05, 3.63) is 29.8 Å². The summed E-state index contributed by atoms with van der Waals surface area (Å²) < 4.78 is 50.3. The molecule has 0 aliphatic heterocycles. The number of alkyl halides is 2. The number of ether oxygens (including phenoxy) is 1. The van der Waals surface area contributed by atoms with Crippen LogP contribution in [0.3, 0.4) is 0 Å². The minimum absolute atomic E-state index is 0.0312. The van der Waals surface area contributed by atoms with E-state index in [0.29, 0.717) is 0 Å². The van der Waals surface area contributed by atoms with E-state index in [1.54, 1.807) is 0 Å². The highest BCUT2D eigenvalue weighted by molar-refractivity contribution is 8.13. The third-order valence-electron chi connectivity index (χ3n) is 2.15. The Labute approximate surface area is 119 Å². The number of carbonyl (C=O) groups is 1. The molecule has 9 heteroatoms. The molecule has 1 aromatic carbocycles. The zero-order chi connectivity index (χ0) is 15.2. The van der Waals surface area contributed by atoms with Crippen LogP contribution in [0.25, 0.3) is 0 Å². The van der Waals surface area contributed by atoms with Crippen molar-refractivity contribution in [1.29, 1.82) is 0 Å². The first-order valence-electron chi connectivity index (χ1n) is 5.49. The molecular weight excluding hydrogens is 316 g/mol. The molecule has 20 heavy (non-hydrogen) atoms. The number of hydrogen-bond acceptors (Lipinski definition) is 4. The molecule has 0 saturated carbocycles. The Balaban J connectivity index is 2.52. The van der Waals surface area contributed by atoms with Crippen LogP contribution >= 0.6 is 10.7 Å². The van der Waals surface area contributed by atoms with E-state index in [0.717, 1.165) is 6.07 Å². The summed E-state index contributed by atoms with van der Waals surface area (Å²) in [7, 11) is 1.25. The first-order valence-corrected chi connectivity index (χ1v) is 7.80. The van der Waals surface area contributed by atoms with Crippen LogP contribution < -0.4 is 5.32 Å². The molecule has 0 saturated heterocycles. The van der Waals surface area contributed by atoms with Crippen molar-refractivity contribution in [3.63, 3.8) is 0 Å². The van der Waals surface area contributed by atoms with Crippen molar-refractivity contribution in [1.82, 2.24) is 5.32 Å². The molecule has 0 unspecified atom stereocenters. The minimum atomic E-state index is -3.91. The number of nitrogens with one attached hydrogen (secondary N) is 1. The lowest BCUT2D eigenvalue weighted by Gasteiger charge is -2.06. The first-order chi connectivity index (χ1) is 9.30. The van der Waals surface area contributed by atoms with Crippen LogP contribution in [0, 0.1) is 0 Å². The van der Waals surface area contributed by atoms with Gasteiger partial charge in [0.1, 0.15) is 6.61 Å². The quantitative estimate of drug-likeness (QED) is 0.610. The highest BCUT2D eigenvalue weighted by Crippen LogP contribution is 2.15. The van der Waals surface area contributed by atoms with Crippen LogP contribution in [0.2, 0.25) is 0 Å². The number of carbonyl (C=O) groups excluding carboxylic acids is 1. The molecule has 0 atom stereocenters.